The number of ether oxygens (including phenoxy) is 2. The summed E-state index contributed by atoms with van der Waals surface area (Å²) in [5.41, 5.74) is 5.42. The molecular formula is C37H37ClN4O4S. The number of pyridine rings is 1. The maximum atomic E-state index is 13.7. The number of hydrogen-bond acceptors (Lipinski definition) is 8. The molecule has 3 heterocycles. The van der Waals surface area contributed by atoms with Gasteiger partial charge in [-0.15, -0.1) is 11.6 Å². The number of benzene rings is 3. The van der Waals surface area contributed by atoms with E-state index in [9.17, 15) is 9.59 Å². The van der Waals surface area contributed by atoms with Crippen LogP contribution in [0.3, 0.4) is 0 Å². The first-order valence-corrected chi connectivity index (χ1v) is 17.0. The van der Waals surface area contributed by atoms with Crippen molar-refractivity contribution in [1.29, 1.82) is 0 Å². The second-order valence-electron chi connectivity index (χ2n) is 12.4. The fourth-order valence-corrected chi connectivity index (χ4v) is 6.67. The molecule has 0 radical (unpaired) electrons. The minimum Gasteiger partial charge on any atom is -0.493 e. The van der Waals surface area contributed by atoms with Gasteiger partial charge < -0.3 is 14.4 Å². The summed E-state index contributed by atoms with van der Waals surface area (Å²) in [5, 5.41) is 3.57. The third-order valence-corrected chi connectivity index (χ3v) is 9.16. The fraction of sp³-hybridized carbons (Fsp3) is 0.297. The van der Waals surface area contributed by atoms with Crippen LogP contribution in [0.5, 0.6) is 5.75 Å². The third-order valence-electron chi connectivity index (χ3n) is 7.94. The van der Waals surface area contributed by atoms with Crippen LogP contribution in [0.15, 0.2) is 72.8 Å². The standard InChI is InChI=1S/C37H37ClN4O4S/c1-23-25(11-8-14-30(23)45-21-9-19-38)26-16-17-32(40-33(26)35(44)46-37(2,3)4)42-20-18-24-10-7-12-27(28(24)22-42)34(43)41-36-39-29-13-5-6-15-31(29)47-36/h5-8,10-17H,9,18-22H2,1-4H3,(H,39,41,43). The van der Waals surface area contributed by atoms with E-state index in [1.165, 1.54) is 11.3 Å². The van der Waals surface area contributed by atoms with E-state index in [2.05, 4.69) is 21.3 Å². The van der Waals surface area contributed by atoms with Gasteiger partial charge in [-0.05, 0) is 99.2 Å². The zero-order chi connectivity index (χ0) is 33.1. The Hall–Kier alpha value is -4.47. The molecular weight excluding hydrogens is 632 g/mol. The number of rotatable bonds is 9. The van der Waals surface area contributed by atoms with E-state index in [-0.39, 0.29) is 11.6 Å². The van der Waals surface area contributed by atoms with Crippen LogP contribution in [-0.4, -0.2) is 46.5 Å². The molecule has 242 valence electrons. The maximum absolute atomic E-state index is 13.7. The van der Waals surface area contributed by atoms with Crippen LogP contribution in [0.1, 0.15) is 64.7 Å². The summed E-state index contributed by atoms with van der Waals surface area (Å²) in [4.78, 5) is 38.8. The summed E-state index contributed by atoms with van der Waals surface area (Å²) in [6.07, 6.45) is 1.46. The van der Waals surface area contributed by atoms with E-state index in [0.717, 1.165) is 51.1 Å². The Bertz CT molecular complexity index is 1920. The lowest BCUT2D eigenvalue weighted by atomic mass is 9.94. The molecule has 3 aromatic carbocycles. The van der Waals surface area contributed by atoms with Crippen LogP contribution in [-0.2, 0) is 17.7 Å². The average Bonchev–Trinajstić information content (AvgIpc) is 3.46. The van der Waals surface area contributed by atoms with Gasteiger partial charge >= 0.3 is 5.97 Å². The Morgan fingerprint density at radius 1 is 0.979 bits per heavy atom. The van der Waals surface area contributed by atoms with E-state index in [1.807, 2.05) is 94.4 Å². The molecule has 6 rings (SSSR count). The van der Waals surface area contributed by atoms with E-state index in [1.54, 1.807) is 0 Å². The van der Waals surface area contributed by atoms with Gasteiger partial charge in [0.1, 0.15) is 17.2 Å². The summed E-state index contributed by atoms with van der Waals surface area (Å²) in [5.74, 6) is 1.17. The number of thiazole rings is 1. The van der Waals surface area contributed by atoms with Crippen molar-refractivity contribution in [2.75, 3.05) is 29.2 Å². The maximum Gasteiger partial charge on any atom is 0.358 e. The Kier molecular flexibility index (Phi) is 9.47. The van der Waals surface area contributed by atoms with Gasteiger partial charge in [0.05, 0.1) is 16.8 Å². The van der Waals surface area contributed by atoms with E-state index < -0.39 is 11.6 Å². The number of para-hydroxylation sites is 1. The third kappa shape index (κ3) is 7.26. The highest BCUT2D eigenvalue weighted by molar-refractivity contribution is 7.22. The van der Waals surface area contributed by atoms with Crippen LogP contribution in [0.25, 0.3) is 21.3 Å². The predicted molar refractivity (Wildman–Crippen MR) is 189 cm³/mol. The zero-order valence-electron chi connectivity index (χ0n) is 26.9. The Morgan fingerprint density at radius 2 is 1.79 bits per heavy atom. The van der Waals surface area contributed by atoms with Gasteiger partial charge in [-0.1, -0.05) is 47.7 Å². The van der Waals surface area contributed by atoms with Crippen LogP contribution in [0.4, 0.5) is 10.9 Å². The van der Waals surface area contributed by atoms with Crippen molar-refractivity contribution < 1.29 is 19.1 Å². The first-order chi connectivity index (χ1) is 22.6. The molecule has 1 N–H and O–H groups in total. The molecule has 0 atom stereocenters. The number of amides is 1. The Balaban J connectivity index is 1.32. The van der Waals surface area contributed by atoms with Crippen molar-refractivity contribution >= 4 is 56.0 Å². The lowest BCUT2D eigenvalue weighted by Crippen LogP contribution is -2.33. The molecule has 0 fully saturated rings. The molecule has 10 heteroatoms. The molecule has 0 unspecified atom stereocenters. The second-order valence-corrected chi connectivity index (χ2v) is 13.9. The van der Waals surface area contributed by atoms with Crippen LogP contribution in [0, 0.1) is 6.92 Å². The van der Waals surface area contributed by atoms with E-state index in [0.29, 0.717) is 47.7 Å². The van der Waals surface area contributed by atoms with Gasteiger partial charge in [0.25, 0.3) is 5.91 Å². The number of fused-ring (bicyclic) bond motifs is 2. The monoisotopic (exact) mass is 668 g/mol. The normalized spacial score (nSPS) is 12.9. The summed E-state index contributed by atoms with van der Waals surface area (Å²) in [6, 6.07) is 23.3. The quantitative estimate of drug-likeness (QED) is 0.0957. The first kappa shape index (κ1) is 32.5. The summed E-state index contributed by atoms with van der Waals surface area (Å²) in [7, 11) is 0. The van der Waals surface area contributed by atoms with Crippen LogP contribution in [0.2, 0.25) is 0 Å². The Morgan fingerprint density at radius 3 is 2.57 bits per heavy atom. The number of hydrogen-bond donors (Lipinski definition) is 1. The van der Waals surface area contributed by atoms with Gasteiger partial charge in [-0.25, -0.2) is 14.8 Å². The summed E-state index contributed by atoms with van der Waals surface area (Å²) >= 11 is 7.30. The minimum atomic E-state index is -0.705. The number of carbonyl (C=O) groups excluding carboxylic acids is 2. The van der Waals surface area contributed by atoms with Crippen LogP contribution < -0.4 is 15.0 Å². The lowest BCUT2D eigenvalue weighted by molar-refractivity contribution is 0.00638. The number of anilines is 2. The van der Waals surface area contributed by atoms with Gasteiger partial charge in [-0.3, -0.25) is 10.1 Å². The first-order valence-electron chi connectivity index (χ1n) is 15.7. The predicted octanol–water partition coefficient (Wildman–Crippen LogP) is 8.44. The van der Waals surface area contributed by atoms with E-state index >= 15 is 0 Å². The molecule has 1 aliphatic rings. The van der Waals surface area contributed by atoms with Crippen molar-refractivity contribution in [3.8, 4) is 16.9 Å². The molecule has 5 aromatic rings. The SMILES string of the molecule is Cc1c(OCCCCl)cccc1-c1ccc(N2CCc3cccc(C(=O)Nc4nc5ccccc5s4)c3C2)nc1C(=O)OC(C)(C)C. The smallest absolute Gasteiger partial charge is 0.358 e. The molecule has 0 saturated heterocycles. The van der Waals surface area contributed by atoms with Crippen molar-refractivity contribution in [2.24, 2.45) is 0 Å². The number of carbonyl (C=O) groups is 2. The fourth-order valence-electron chi connectivity index (χ4n) is 5.70. The average molecular weight is 669 g/mol. The molecule has 0 bridgehead atoms. The highest BCUT2D eigenvalue weighted by atomic mass is 35.5. The molecule has 1 aliphatic heterocycles. The topological polar surface area (TPSA) is 93.6 Å². The highest BCUT2D eigenvalue weighted by Crippen LogP contribution is 2.35. The largest absolute Gasteiger partial charge is 0.493 e. The molecule has 0 saturated carbocycles. The molecule has 2 aromatic heterocycles. The molecule has 1 amide bonds. The molecule has 0 aliphatic carbocycles. The molecule has 0 spiro atoms. The lowest BCUT2D eigenvalue weighted by Gasteiger charge is -2.31. The zero-order valence-corrected chi connectivity index (χ0v) is 28.5. The minimum absolute atomic E-state index is 0.205. The van der Waals surface area contributed by atoms with Crippen molar-refractivity contribution in [2.45, 2.75) is 52.7 Å². The number of nitrogens with one attached hydrogen (secondary N) is 1. The number of nitrogens with zero attached hydrogens (tertiary/aromatic N) is 3. The second kappa shape index (κ2) is 13.7. The number of halogens is 1. The van der Waals surface area contributed by atoms with E-state index in [4.69, 9.17) is 26.1 Å². The van der Waals surface area contributed by atoms with Gasteiger partial charge in [0.15, 0.2) is 10.8 Å². The van der Waals surface area contributed by atoms with Crippen molar-refractivity contribution in [3.05, 3.63) is 101 Å². The number of esters is 1. The van der Waals surface area contributed by atoms with Crippen molar-refractivity contribution in [3.63, 3.8) is 0 Å². The van der Waals surface area contributed by atoms with Gasteiger partial charge in [0.2, 0.25) is 0 Å². The van der Waals surface area contributed by atoms with Crippen molar-refractivity contribution in [1.82, 2.24) is 9.97 Å². The Labute approximate surface area is 283 Å². The summed E-state index contributed by atoms with van der Waals surface area (Å²) < 4.78 is 12.8. The number of aromatic nitrogens is 2. The molecule has 47 heavy (non-hydrogen) atoms. The van der Waals surface area contributed by atoms with Gasteiger partial charge in [0, 0.05) is 30.1 Å². The number of alkyl halides is 1. The molecule has 8 nitrogen and oxygen atoms in total. The highest BCUT2D eigenvalue weighted by Gasteiger charge is 2.27. The van der Waals surface area contributed by atoms with Crippen LogP contribution >= 0.6 is 22.9 Å². The van der Waals surface area contributed by atoms with Gasteiger partial charge in [-0.2, -0.15) is 0 Å². The summed E-state index contributed by atoms with van der Waals surface area (Å²) in [6.45, 7) is 9.14.